The fourth-order valence-electron chi connectivity index (χ4n) is 1.28. The summed E-state index contributed by atoms with van der Waals surface area (Å²) in [6.45, 7) is 7.26. The molecule has 0 heterocycles. The van der Waals surface area contributed by atoms with E-state index in [1.165, 1.54) is 6.92 Å². The van der Waals surface area contributed by atoms with Gasteiger partial charge in [0.25, 0.3) is 0 Å². The van der Waals surface area contributed by atoms with Crippen molar-refractivity contribution in [2.24, 2.45) is 5.92 Å². The normalized spacial score (nSPS) is 10.5. The maximum absolute atomic E-state index is 11.6. The Bertz CT molecular complexity index is 214. The lowest BCUT2D eigenvalue weighted by molar-refractivity contribution is -0.135. The lowest BCUT2D eigenvalue weighted by Gasteiger charge is -2.23. The predicted octanol–water partition coefficient (Wildman–Crippen LogP) is 1.10. The number of carbonyl (C=O) groups excluding carboxylic acids is 2. The number of amides is 1. The zero-order valence-corrected chi connectivity index (χ0v) is 10.1. The minimum Gasteiger partial charge on any atom is -0.383 e. The van der Waals surface area contributed by atoms with E-state index in [0.717, 1.165) is 0 Å². The van der Waals surface area contributed by atoms with Gasteiger partial charge in [-0.2, -0.15) is 0 Å². The molecule has 0 aliphatic rings. The summed E-state index contributed by atoms with van der Waals surface area (Å²) in [5.74, 6) is 0.206. The Hall–Kier alpha value is -0.900. The highest BCUT2D eigenvalue weighted by Gasteiger charge is 2.15. The summed E-state index contributed by atoms with van der Waals surface area (Å²) < 4.78 is 4.93. The third-order valence-corrected chi connectivity index (χ3v) is 1.90. The maximum atomic E-state index is 11.6. The van der Waals surface area contributed by atoms with Gasteiger partial charge in [-0.3, -0.25) is 9.59 Å². The van der Waals surface area contributed by atoms with Gasteiger partial charge in [0.2, 0.25) is 5.91 Å². The highest BCUT2D eigenvalue weighted by Crippen LogP contribution is 2.02. The fourth-order valence-corrected chi connectivity index (χ4v) is 1.28. The van der Waals surface area contributed by atoms with Crippen LogP contribution in [0.5, 0.6) is 0 Å². The molecule has 4 heteroatoms. The molecule has 0 aromatic carbocycles. The first-order valence-corrected chi connectivity index (χ1v) is 5.23. The van der Waals surface area contributed by atoms with Crippen molar-refractivity contribution in [1.29, 1.82) is 0 Å². The third kappa shape index (κ3) is 7.08. The Labute approximate surface area is 91.6 Å². The Morgan fingerprint density at radius 2 is 1.93 bits per heavy atom. The molecule has 0 aromatic rings. The number of hydrogen-bond acceptors (Lipinski definition) is 3. The number of ether oxygens (including phenoxy) is 1. The number of Topliss-reactive ketones (excluding diaryl/α,β-unsaturated/α-hetero) is 1. The molecule has 0 unspecified atom stereocenters. The van der Waals surface area contributed by atoms with Gasteiger partial charge in [-0.25, -0.2) is 0 Å². The van der Waals surface area contributed by atoms with Gasteiger partial charge in [0.15, 0.2) is 0 Å². The van der Waals surface area contributed by atoms with E-state index < -0.39 is 0 Å². The summed E-state index contributed by atoms with van der Waals surface area (Å²) in [5, 5.41) is 0. The Balaban J connectivity index is 4.20. The third-order valence-electron chi connectivity index (χ3n) is 1.90. The quantitative estimate of drug-likeness (QED) is 0.597. The lowest BCUT2D eigenvalue weighted by Crippen LogP contribution is -2.37. The number of nitrogens with zero attached hydrogens (tertiary/aromatic N) is 1. The molecular formula is C11H21NO3. The SMILES string of the molecule is COCCN(CC(C)C)C(=O)CC(C)=O. The van der Waals surface area contributed by atoms with E-state index in [4.69, 9.17) is 4.74 Å². The molecule has 0 rings (SSSR count). The number of rotatable bonds is 7. The van der Waals surface area contributed by atoms with E-state index in [2.05, 4.69) is 0 Å². The standard InChI is InChI=1S/C11H21NO3/c1-9(2)8-12(5-6-15-4)11(14)7-10(3)13/h9H,5-8H2,1-4H3. The van der Waals surface area contributed by atoms with E-state index in [1.807, 2.05) is 13.8 Å². The van der Waals surface area contributed by atoms with Gasteiger partial charge in [-0.05, 0) is 12.8 Å². The summed E-state index contributed by atoms with van der Waals surface area (Å²) in [7, 11) is 1.60. The second-order valence-electron chi connectivity index (χ2n) is 4.11. The summed E-state index contributed by atoms with van der Waals surface area (Å²) in [6.07, 6.45) is -0.00354. The van der Waals surface area contributed by atoms with Crippen LogP contribution in [0.15, 0.2) is 0 Å². The molecule has 1 amide bonds. The second-order valence-corrected chi connectivity index (χ2v) is 4.11. The molecule has 0 bridgehead atoms. The van der Waals surface area contributed by atoms with Crippen LogP contribution in [0.1, 0.15) is 27.2 Å². The van der Waals surface area contributed by atoms with E-state index in [-0.39, 0.29) is 18.1 Å². The first kappa shape index (κ1) is 14.1. The van der Waals surface area contributed by atoms with E-state index in [1.54, 1.807) is 12.0 Å². The smallest absolute Gasteiger partial charge is 0.230 e. The van der Waals surface area contributed by atoms with Crippen LogP contribution in [0.25, 0.3) is 0 Å². The molecule has 0 radical (unpaired) electrons. The van der Waals surface area contributed by atoms with Crippen LogP contribution in [0.4, 0.5) is 0 Å². The zero-order chi connectivity index (χ0) is 11.8. The molecule has 0 aliphatic heterocycles. The molecule has 0 aromatic heterocycles. The molecule has 0 fully saturated rings. The molecule has 0 aliphatic carbocycles. The van der Waals surface area contributed by atoms with Gasteiger partial charge in [0.1, 0.15) is 5.78 Å². The monoisotopic (exact) mass is 215 g/mol. The van der Waals surface area contributed by atoms with Crippen LogP contribution in [0.2, 0.25) is 0 Å². The summed E-state index contributed by atoms with van der Waals surface area (Å²) in [4.78, 5) is 24.2. The average molecular weight is 215 g/mol. The van der Waals surface area contributed by atoms with E-state index >= 15 is 0 Å². The zero-order valence-electron chi connectivity index (χ0n) is 10.1. The van der Waals surface area contributed by atoms with Crippen LogP contribution in [-0.4, -0.2) is 43.4 Å². The van der Waals surface area contributed by atoms with Crippen molar-refractivity contribution in [2.75, 3.05) is 26.8 Å². The Morgan fingerprint density at radius 1 is 1.33 bits per heavy atom. The Kier molecular flexibility index (Phi) is 6.96. The van der Waals surface area contributed by atoms with Gasteiger partial charge < -0.3 is 9.64 Å². The van der Waals surface area contributed by atoms with Crippen molar-refractivity contribution >= 4 is 11.7 Å². The molecule has 0 atom stereocenters. The topological polar surface area (TPSA) is 46.6 Å². The second kappa shape index (κ2) is 7.40. The van der Waals surface area contributed by atoms with Crippen molar-refractivity contribution in [3.8, 4) is 0 Å². The highest BCUT2D eigenvalue weighted by molar-refractivity contribution is 5.96. The van der Waals surface area contributed by atoms with Crippen molar-refractivity contribution in [3.05, 3.63) is 0 Å². The van der Waals surface area contributed by atoms with Gasteiger partial charge in [-0.1, -0.05) is 13.8 Å². The van der Waals surface area contributed by atoms with E-state index in [9.17, 15) is 9.59 Å². The first-order chi connectivity index (χ1) is 6.97. The summed E-state index contributed by atoms with van der Waals surface area (Å²) in [6, 6.07) is 0. The molecule has 0 spiro atoms. The van der Waals surface area contributed by atoms with Gasteiger partial charge >= 0.3 is 0 Å². The largest absolute Gasteiger partial charge is 0.383 e. The van der Waals surface area contributed by atoms with Gasteiger partial charge in [-0.15, -0.1) is 0 Å². The number of carbonyl (C=O) groups is 2. The fraction of sp³-hybridized carbons (Fsp3) is 0.818. The summed E-state index contributed by atoms with van der Waals surface area (Å²) >= 11 is 0. The van der Waals surface area contributed by atoms with Crippen molar-refractivity contribution in [2.45, 2.75) is 27.2 Å². The van der Waals surface area contributed by atoms with Crippen LogP contribution in [0, 0.1) is 5.92 Å². The van der Waals surface area contributed by atoms with Crippen molar-refractivity contribution in [1.82, 2.24) is 4.90 Å². The predicted molar refractivity (Wildman–Crippen MR) is 58.6 cm³/mol. The maximum Gasteiger partial charge on any atom is 0.230 e. The molecule has 4 nitrogen and oxygen atoms in total. The molecule has 88 valence electrons. The van der Waals surface area contributed by atoms with Gasteiger partial charge in [0, 0.05) is 20.2 Å². The van der Waals surface area contributed by atoms with Gasteiger partial charge in [0.05, 0.1) is 13.0 Å². The minimum absolute atomic E-state index is 0.00354. The van der Waals surface area contributed by atoms with Crippen LogP contribution >= 0.6 is 0 Å². The molecule has 0 saturated carbocycles. The summed E-state index contributed by atoms with van der Waals surface area (Å²) in [5.41, 5.74) is 0. The van der Waals surface area contributed by atoms with Crippen LogP contribution < -0.4 is 0 Å². The Morgan fingerprint density at radius 3 is 2.33 bits per heavy atom. The number of hydrogen-bond donors (Lipinski definition) is 0. The van der Waals surface area contributed by atoms with Crippen LogP contribution in [0.3, 0.4) is 0 Å². The van der Waals surface area contributed by atoms with Crippen LogP contribution in [-0.2, 0) is 14.3 Å². The van der Waals surface area contributed by atoms with Crippen molar-refractivity contribution in [3.63, 3.8) is 0 Å². The van der Waals surface area contributed by atoms with Crippen molar-refractivity contribution < 1.29 is 14.3 Å². The molecular weight excluding hydrogens is 194 g/mol. The molecule has 15 heavy (non-hydrogen) atoms. The molecule has 0 N–H and O–H groups in total. The molecule has 0 saturated heterocycles. The lowest BCUT2D eigenvalue weighted by atomic mass is 10.2. The highest BCUT2D eigenvalue weighted by atomic mass is 16.5. The minimum atomic E-state index is -0.103. The first-order valence-electron chi connectivity index (χ1n) is 5.23. The number of methoxy groups -OCH3 is 1. The van der Waals surface area contributed by atoms with E-state index in [0.29, 0.717) is 25.6 Å². The number of ketones is 1. The average Bonchev–Trinajstić information content (AvgIpc) is 2.10.